The molecule has 200 valence electrons. The molecule has 5 rings (SSSR count). The van der Waals surface area contributed by atoms with Crippen molar-refractivity contribution in [3.63, 3.8) is 0 Å². The molecule has 3 unspecified atom stereocenters. The van der Waals surface area contributed by atoms with Crippen molar-refractivity contribution in [3.8, 4) is 5.75 Å². The molecule has 9 heteroatoms. The van der Waals surface area contributed by atoms with Crippen LogP contribution in [0, 0.1) is 0 Å². The number of Topliss-reactive ketones (excluding diaryl/α,β-unsaturated/α-hetero) is 1. The summed E-state index contributed by atoms with van der Waals surface area (Å²) in [4.78, 5) is 47.6. The topological polar surface area (TPSA) is 126 Å². The van der Waals surface area contributed by atoms with Crippen LogP contribution >= 0.6 is 0 Å². The van der Waals surface area contributed by atoms with Gasteiger partial charge in [0, 0.05) is 6.42 Å². The molecule has 2 amide bonds. The van der Waals surface area contributed by atoms with Gasteiger partial charge in [0.1, 0.15) is 17.4 Å². The summed E-state index contributed by atoms with van der Waals surface area (Å²) >= 11 is 0. The number of benzene rings is 3. The largest absolute Gasteiger partial charge is 0.497 e. The van der Waals surface area contributed by atoms with Crippen LogP contribution < -0.4 is 15.4 Å². The van der Waals surface area contributed by atoms with Crippen molar-refractivity contribution >= 4 is 28.6 Å². The first kappa shape index (κ1) is 26.1. The van der Waals surface area contributed by atoms with Gasteiger partial charge in [0.15, 0.2) is 11.6 Å². The van der Waals surface area contributed by atoms with Crippen molar-refractivity contribution in [2.45, 2.75) is 37.5 Å². The Morgan fingerprint density at radius 2 is 1.56 bits per heavy atom. The van der Waals surface area contributed by atoms with E-state index in [-0.39, 0.29) is 18.0 Å². The highest BCUT2D eigenvalue weighted by molar-refractivity contribution is 6.00. The van der Waals surface area contributed by atoms with Crippen molar-refractivity contribution in [1.29, 1.82) is 0 Å². The van der Waals surface area contributed by atoms with Crippen molar-refractivity contribution in [1.82, 2.24) is 20.6 Å². The Kier molecular flexibility index (Phi) is 7.42. The lowest BCUT2D eigenvalue weighted by Gasteiger charge is -2.24. The number of fused-ring (bicyclic) bond motifs is 1. The lowest BCUT2D eigenvalue weighted by atomic mass is 9.94. The molecule has 9 nitrogen and oxygen atoms in total. The van der Waals surface area contributed by atoms with Crippen LogP contribution in [0.2, 0.25) is 0 Å². The number of epoxide rings is 1. The van der Waals surface area contributed by atoms with E-state index >= 15 is 0 Å². The number of nitrogens with one attached hydrogen (secondary N) is 3. The monoisotopic (exact) mass is 526 g/mol. The summed E-state index contributed by atoms with van der Waals surface area (Å²) < 4.78 is 10.6. The van der Waals surface area contributed by atoms with Crippen molar-refractivity contribution < 1.29 is 23.9 Å². The van der Waals surface area contributed by atoms with E-state index in [1.807, 2.05) is 60.7 Å². The van der Waals surface area contributed by atoms with Crippen LogP contribution in [0.1, 0.15) is 28.7 Å². The van der Waals surface area contributed by atoms with Gasteiger partial charge in [-0.1, -0.05) is 54.6 Å². The van der Waals surface area contributed by atoms with Crippen molar-refractivity contribution in [2.24, 2.45) is 0 Å². The highest BCUT2D eigenvalue weighted by Gasteiger charge is 2.50. The fourth-order valence-electron chi connectivity index (χ4n) is 4.44. The molecule has 1 aromatic heterocycles. The van der Waals surface area contributed by atoms with Crippen LogP contribution in [-0.2, 0) is 27.2 Å². The molecule has 0 saturated carbocycles. The lowest BCUT2D eigenvalue weighted by molar-refractivity contribution is -0.131. The Labute approximate surface area is 225 Å². The Bertz CT molecular complexity index is 1450. The summed E-state index contributed by atoms with van der Waals surface area (Å²) in [7, 11) is 1.58. The minimum Gasteiger partial charge on any atom is -0.497 e. The number of amides is 2. The SMILES string of the molecule is COc1ccc(CC(NC(=O)c2nc3ccccc3[nH]2)C(=O)NC(Cc2ccccc2)C(=O)C2(C)CO2)cc1. The molecule has 0 bridgehead atoms. The maximum absolute atomic E-state index is 13.7. The molecule has 1 saturated heterocycles. The van der Waals surface area contributed by atoms with Gasteiger partial charge in [0.05, 0.1) is 30.8 Å². The Balaban J connectivity index is 1.39. The van der Waals surface area contributed by atoms with Gasteiger partial charge in [0.25, 0.3) is 5.91 Å². The van der Waals surface area contributed by atoms with Gasteiger partial charge < -0.3 is 25.1 Å². The first-order chi connectivity index (χ1) is 18.8. The predicted molar refractivity (Wildman–Crippen MR) is 145 cm³/mol. The molecule has 39 heavy (non-hydrogen) atoms. The molecule has 3 N–H and O–H groups in total. The van der Waals surface area contributed by atoms with Crippen LogP contribution in [0.25, 0.3) is 11.0 Å². The molecule has 3 aromatic carbocycles. The summed E-state index contributed by atoms with van der Waals surface area (Å²) in [5.41, 5.74) is 2.15. The summed E-state index contributed by atoms with van der Waals surface area (Å²) in [6.07, 6.45) is 0.499. The third-order valence-electron chi connectivity index (χ3n) is 6.84. The van der Waals surface area contributed by atoms with E-state index in [9.17, 15) is 14.4 Å². The zero-order chi connectivity index (χ0) is 27.4. The van der Waals surface area contributed by atoms with Crippen LogP contribution in [0.5, 0.6) is 5.75 Å². The zero-order valence-corrected chi connectivity index (χ0v) is 21.8. The zero-order valence-electron chi connectivity index (χ0n) is 21.8. The molecule has 2 heterocycles. The number of hydrogen-bond donors (Lipinski definition) is 3. The fraction of sp³-hybridized carbons (Fsp3) is 0.267. The highest BCUT2D eigenvalue weighted by atomic mass is 16.6. The molecular weight excluding hydrogens is 496 g/mol. The smallest absolute Gasteiger partial charge is 0.287 e. The van der Waals surface area contributed by atoms with E-state index in [1.165, 1.54) is 0 Å². The average molecular weight is 527 g/mol. The number of H-pyrrole nitrogens is 1. The number of nitrogens with zero attached hydrogens (tertiary/aromatic N) is 1. The first-order valence-electron chi connectivity index (χ1n) is 12.8. The molecule has 0 radical (unpaired) electrons. The predicted octanol–water partition coefficient (Wildman–Crippen LogP) is 3.00. The molecule has 1 aliphatic rings. The maximum atomic E-state index is 13.7. The number of rotatable bonds is 11. The number of para-hydroxylation sites is 2. The van der Waals surface area contributed by atoms with Gasteiger partial charge in [-0.15, -0.1) is 0 Å². The van der Waals surface area contributed by atoms with Crippen LogP contribution in [0.15, 0.2) is 78.9 Å². The minimum absolute atomic E-state index is 0.0968. The van der Waals surface area contributed by atoms with E-state index in [2.05, 4.69) is 20.6 Å². The van der Waals surface area contributed by atoms with E-state index < -0.39 is 29.5 Å². The summed E-state index contributed by atoms with van der Waals surface area (Å²) in [6.45, 7) is 2.03. The van der Waals surface area contributed by atoms with E-state index in [0.29, 0.717) is 29.8 Å². The first-order valence-corrected chi connectivity index (χ1v) is 12.8. The molecule has 3 atom stereocenters. The molecule has 0 aliphatic carbocycles. The number of hydrogen-bond acceptors (Lipinski definition) is 6. The average Bonchev–Trinajstić information content (AvgIpc) is 3.56. The van der Waals surface area contributed by atoms with Gasteiger partial charge in [-0.25, -0.2) is 4.98 Å². The van der Waals surface area contributed by atoms with Gasteiger partial charge in [-0.3, -0.25) is 14.4 Å². The number of aromatic nitrogens is 2. The quantitative estimate of drug-likeness (QED) is 0.258. The van der Waals surface area contributed by atoms with E-state index in [1.54, 1.807) is 32.2 Å². The molecular formula is C30H30N4O5. The van der Waals surface area contributed by atoms with E-state index in [4.69, 9.17) is 9.47 Å². The molecule has 1 fully saturated rings. The van der Waals surface area contributed by atoms with Crippen LogP contribution in [0.4, 0.5) is 0 Å². The third kappa shape index (κ3) is 6.15. The fourth-order valence-corrected chi connectivity index (χ4v) is 4.44. The normalized spacial score (nSPS) is 17.7. The number of carbonyl (C=O) groups is 3. The number of imidazole rings is 1. The van der Waals surface area contributed by atoms with Gasteiger partial charge in [0.2, 0.25) is 5.91 Å². The number of ketones is 1. The second-order valence-corrected chi connectivity index (χ2v) is 9.82. The molecule has 0 spiro atoms. The van der Waals surface area contributed by atoms with Crippen LogP contribution in [-0.4, -0.2) is 59.0 Å². The molecule has 4 aromatic rings. The second-order valence-electron chi connectivity index (χ2n) is 9.82. The number of ether oxygens (including phenoxy) is 2. The lowest BCUT2D eigenvalue weighted by Crippen LogP contribution is -2.55. The summed E-state index contributed by atoms with van der Waals surface area (Å²) in [5.74, 6) is -0.430. The Hall–Kier alpha value is -4.50. The Morgan fingerprint density at radius 1 is 0.923 bits per heavy atom. The van der Waals surface area contributed by atoms with Crippen molar-refractivity contribution in [2.75, 3.05) is 13.7 Å². The highest BCUT2D eigenvalue weighted by Crippen LogP contribution is 2.29. The summed E-state index contributed by atoms with van der Waals surface area (Å²) in [6, 6.07) is 22.2. The number of aromatic amines is 1. The molecule has 1 aliphatic heterocycles. The third-order valence-corrected chi connectivity index (χ3v) is 6.84. The standard InChI is InChI=1S/C30H30N4O5/c1-30(18-39-30)26(35)24(16-19-8-4-3-5-9-19)33-28(36)25(17-20-12-14-21(38-2)15-13-20)34-29(37)27-31-22-10-6-7-11-23(22)32-27/h3-15,24-25H,16-18H2,1-2H3,(H,31,32)(H,33,36)(H,34,37). The number of carbonyl (C=O) groups excluding carboxylic acids is 3. The van der Waals surface area contributed by atoms with Crippen LogP contribution in [0.3, 0.4) is 0 Å². The van der Waals surface area contributed by atoms with Gasteiger partial charge in [-0.2, -0.15) is 0 Å². The van der Waals surface area contributed by atoms with E-state index in [0.717, 1.165) is 11.1 Å². The van der Waals surface area contributed by atoms with Gasteiger partial charge >= 0.3 is 0 Å². The Morgan fingerprint density at radius 3 is 2.23 bits per heavy atom. The maximum Gasteiger partial charge on any atom is 0.287 e. The van der Waals surface area contributed by atoms with Gasteiger partial charge in [-0.05, 0) is 48.7 Å². The van der Waals surface area contributed by atoms with Crippen molar-refractivity contribution in [3.05, 3.63) is 95.8 Å². The summed E-state index contributed by atoms with van der Waals surface area (Å²) in [5, 5.41) is 5.71. The second kappa shape index (κ2) is 11.1. The minimum atomic E-state index is -0.974. The number of methoxy groups -OCH3 is 1.